The molecular weight excluding hydrogens is 354 g/mol. The number of rotatable bonds is 8. The number of ether oxygens (including phenoxy) is 1. The summed E-state index contributed by atoms with van der Waals surface area (Å²) in [5, 5.41) is 3.85. The number of benzene rings is 1. The lowest BCUT2D eigenvalue weighted by Gasteiger charge is -2.34. The molecule has 1 aromatic carbocycles. The lowest BCUT2D eigenvalue weighted by molar-refractivity contribution is -0.130. The van der Waals surface area contributed by atoms with Gasteiger partial charge in [-0.15, -0.1) is 0 Å². The molecule has 1 unspecified atom stereocenters. The molecule has 152 valence electrons. The van der Waals surface area contributed by atoms with Crippen molar-refractivity contribution < 1.29 is 14.1 Å². The molecule has 1 aliphatic heterocycles. The Morgan fingerprint density at radius 1 is 1.36 bits per heavy atom. The van der Waals surface area contributed by atoms with Crippen molar-refractivity contribution in [1.82, 2.24) is 15.0 Å². The number of aryl methyl sites for hydroxylation is 1. The maximum absolute atomic E-state index is 12.5. The van der Waals surface area contributed by atoms with Crippen LogP contribution in [0.25, 0.3) is 0 Å². The van der Waals surface area contributed by atoms with Crippen LogP contribution in [0.3, 0.4) is 0 Å². The van der Waals surface area contributed by atoms with Crippen LogP contribution in [-0.4, -0.2) is 61.2 Å². The average Bonchev–Trinajstić information content (AvgIpc) is 3.11. The normalized spacial score (nSPS) is 17.5. The Kier molecular flexibility index (Phi) is 7.09. The number of hydrogen-bond donors (Lipinski definition) is 0. The third kappa shape index (κ3) is 5.83. The number of nitrogens with zero attached hydrogens (tertiary/aromatic N) is 3. The Morgan fingerprint density at radius 2 is 2.14 bits per heavy atom. The zero-order chi connectivity index (χ0) is 19.9. The molecule has 0 spiro atoms. The number of piperidine rings is 1. The molecule has 2 heterocycles. The van der Waals surface area contributed by atoms with E-state index in [4.69, 9.17) is 9.26 Å². The Morgan fingerprint density at radius 3 is 2.82 bits per heavy atom. The summed E-state index contributed by atoms with van der Waals surface area (Å²) < 4.78 is 10.4. The summed E-state index contributed by atoms with van der Waals surface area (Å²) in [5.41, 5.74) is 2.14. The Labute approximate surface area is 167 Å². The van der Waals surface area contributed by atoms with Crippen molar-refractivity contribution in [1.29, 1.82) is 0 Å². The van der Waals surface area contributed by atoms with Gasteiger partial charge >= 0.3 is 0 Å². The molecule has 1 aromatic heterocycles. The summed E-state index contributed by atoms with van der Waals surface area (Å²) in [5.74, 6) is 2.15. The summed E-state index contributed by atoms with van der Waals surface area (Å²) >= 11 is 0. The van der Waals surface area contributed by atoms with Crippen LogP contribution >= 0.6 is 0 Å². The molecule has 1 fully saturated rings. The zero-order valence-corrected chi connectivity index (χ0v) is 17.2. The Balaban J connectivity index is 1.43. The van der Waals surface area contributed by atoms with Crippen molar-refractivity contribution in [3.05, 3.63) is 47.3 Å². The molecule has 28 heavy (non-hydrogen) atoms. The SMILES string of the molecule is COc1ccc(CCN2CCCC(CN(C)C(=O)Cc3cc(C)no3)C2)cc1. The summed E-state index contributed by atoms with van der Waals surface area (Å²) in [4.78, 5) is 16.8. The molecule has 0 saturated carbocycles. The lowest BCUT2D eigenvalue weighted by Crippen LogP contribution is -2.42. The number of amides is 1. The second-order valence-electron chi connectivity index (χ2n) is 7.79. The lowest BCUT2D eigenvalue weighted by atomic mass is 9.97. The largest absolute Gasteiger partial charge is 0.497 e. The van der Waals surface area contributed by atoms with E-state index in [0.717, 1.165) is 44.0 Å². The van der Waals surface area contributed by atoms with Gasteiger partial charge in [0.25, 0.3) is 0 Å². The van der Waals surface area contributed by atoms with Crippen molar-refractivity contribution >= 4 is 5.91 Å². The summed E-state index contributed by atoms with van der Waals surface area (Å²) in [6, 6.07) is 10.1. The van der Waals surface area contributed by atoms with Gasteiger partial charge in [-0.3, -0.25) is 4.79 Å². The number of methoxy groups -OCH3 is 1. The van der Waals surface area contributed by atoms with Crippen molar-refractivity contribution in [2.45, 2.75) is 32.6 Å². The highest BCUT2D eigenvalue weighted by Crippen LogP contribution is 2.19. The van der Waals surface area contributed by atoms with Gasteiger partial charge in [0, 0.05) is 32.7 Å². The highest BCUT2D eigenvalue weighted by molar-refractivity contribution is 5.77. The predicted octanol–water partition coefficient (Wildman–Crippen LogP) is 2.95. The van der Waals surface area contributed by atoms with E-state index in [2.05, 4.69) is 22.2 Å². The van der Waals surface area contributed by atoms with Gasteiger partial charge in [-0.05, 0) is 56.3 Å². The van der Waals surface area contributed by atoms with Gasteiger partial charge in [0.1, 0.15) is 11.5 Å². The number of carbonyl (C=O) groups is 1. The van der Waals surface area contributed by atoms with E-state index < -0.39 is 0 Å². The fourth-order valence-corrected chi connectivity index (χ4v) is 3.86. The van der Waals surface area contributed by atoms with E-state index in [-0.39, 0.29) is 12.3 Å². The molecule has 0 aliphatic carbocycles. The van der Waals surface area contributed by atoms with Gasteiger partial charge in [0.2, 0.25) is 5.91 Å². The number of hydrogen-bond acceptors (Lipinski definition) is 5. The highest BCUT2D eigenvalue weighted by Gasteiger charge is 2.23. The molecule has 1 aliphatic rings. The second-order valence-corrected chi connectivity index (χ2v) is 7.79. The smallest absolute Gasteiger partial charge is 0.230 e. The first-order valence-corrected chi connectivity index (χ1v) is 10.0. The average molecular weight is 386 g/mol. The molecule has 3 rings (SSSR count). The molecule has 0 bridgehead atoms. The van der Waals surface area contributed by atoms with Gasteiger partial charge < -0.3 is 19.1 Å². The van der Waals surface area contributed by atoms with Crippen LogP contribution < -0.4 is 4.74 Å². The fourth-order valence-electron chi connectivity index (χ4n) is 3.86. The maximum Gasteiger partial charge on any atom is 0.230 e. The summed E-state index contributed by atoms with van der Waals surface area (Å²) in [7, 11) is 3.58. The van der Waals surface area contributed by atoms with Gasteiger partial charge in [0.15, 0.2) is 0 Å². The number of aromatic nitrogens is 1. The molecule has 0 radical (unpaired) electrons. The fraction of sp³-hybridized carbons (Fsp3) is 0.545. The van der Waals surface area contributed by atoms with Crippen LogP contribution in [0.2, 0.25) is 0 Å². The first kappa shape index (κ1) is 20.4. The van der Waals surface area contributed by atoms with Crippen LogP contribution in [0.5, 0.6) is 5.75 Å². The molecule has 1 saturated heterocycles. The first-order chi connectivity index (χ1) is 13.5. The minimum absolute atomic E-state index is 0.0894. The molecule has 1 atom stereocenters. The quantitative estimate of drug-likeness (QED) is 0.699. The Bertz CT molecular complexity index is 757. The van der Waals surface area contributed by atoms with E-state index in [1.54, 1.807) is 7.11 Å². The molecular formula is C22H31N3O3. The molecule has 1 amide bonds. The van der Waals surface area contributed by atoms with Gasteiger partial charge in [-0.2, -0.15) is 0 Å². The molecule has 0 N–H and O–H groups in total. The van der Waals surface area contributed by atoms with Crippen LogP contribution in [0.15, 0.2) is 34.9 Å². The molecule has 2 aromatic rings. The van der Waals surface area contributed by atoms with Crippen molar-refractivity contribution in [2.24, 2.45) is 5.92 Å². The Hall–Kier alpha value is -2.34. The van der Waals surface area contributed by atoms with Crippen LogP contribution in [-0.2, 0) is 17.6 Å². The minimum Gasteiger partial charge on any atom is -0.497 e. The summed E-state index contributed by atoms with van der Waals surface area (Å²) in [6.45, 7) is 5.91. The van der Waals surface area contributed by atoms with E-state index >= 15 is 0 Å². The van der Waals surface area contributed by atoms with Crippen molar-refractivity contribution in [3.63, 3.8) is 0 Å². The van der Waals surface area contributed by atoms with Crippen LogP contribution in [0, 0.1) is 12.8 Å². The highest BCUT2D eigenvalue weighted by atomic mass is 16.5. The van der Waals surface area contributed by atoms with Crippen molar-refractivity contribution in [3.8, 4) is 5.75 Å². The standard InChI is InChI=1S/C22H31N3O3/c1-17-13-21(28-23-17)14-22(26)24(2)15-19-5-4-11-25(16-19)12-10-18-6-8-20(27-3)9-7-18/h6-9,13,19H,4-5,10-12,14-16H2,1-3H3. The van der Waals surface area contributed by atoms with E-state index in [1.807, 2.05) is 37.1 Å². The minimum atomic E-state index is 0.0894. The van der Waals surface area contributed by atoms with Crippen LogP contribution in [0.1, 0.15) is 29.9 Å². The maximum atomic E-state index is 12.5. The van der Waals surface area contributed by atoms with E-state index in [9.17, 15) is 4.79 Å². The zero-order valence-electron chi connectivity index (χ0n) is 17.2. The van der Waals surface area contributed by atoms with Gasteiger partial charge in [0.05, 0.1) is 19.2 Å². The molecule has 6 nitrogen and oxygen atoms in total. The number of likely N-dealkylation sites (N-methyl/N-ethyl adjacent to an activating group) is 1. The topological polar surface area (TPSA) is 58.8 Å². The predicted molar refractivity (Wildman–Crippen MR) is 108 cm³/mol. The summed E-state index contributed by atoms with van der Waals surface area (Å²) in [6.07, 6.45) is 3.69. The van der Waals surface area contributed by atoms with E-state index in [0.29, 0.717) is 11.7 Å². The second kappa shape index (κ2) is 9.73. The third-order valence-corrected chi connectivity index (χ3v) is 5.44. The number of likely N-dealkylation sites (tertiary alicyclic amines) is 1. The monoisotopic (exact) mass is 385 g/mol. The van der Waals surface area contributed by atoms with E-state index in [1.165, 1.54) is 18.4 Å². The van der Waals surface area contributed by atoms with Crippen molar-refractivity contribution in [2.75, 3.05) is 40.3 Å². The molecule has 6 heteroatoms. The third-order valence-electron chi connectivity index (χ3n) is 5.44. The van der Waals surface area contributed by atoms with Crippen LogP contribution in [0.4, 0.5) is 0 Å². The number of carbonyl (C=O) groups excluding carboxylic acids is 1. The van der Waals surface area contributed by atoms with Gasteiger partial charge in [-0.25, -0.2) is 0 Å². The first-order valence-electron chi connectivity index (χ1n) is 10.0. The van der Waals surface area contributed by atoms with Gasteiger partial charge in [-0.1, -0.05) is 17.3 Å².